The highest BCUT2D eigenvalue weighted by Crippen LogP contribution is 2.32. The van der Waals surface area contributed by atoms with Gasteiger partial charge in [0.15, 0.2) is 5.17 Å². The zero-order valence-corrected chi connectivity index (χ0v) is 16.0. The van der Waals surface area contributed by atoms with Crippen molar-refractivity contribution in [1.29, 1.82) is 0 Å². The summed E-state index contributed by atoms with van der Waals surface area (Å²) in [7, 11) is 0. The number of hydrogen-bond donors (Lipinski definition) is 0. The van der Waals surface area contributed by atoms with Crippen LogP contribution in [0.15, 0.2) is 16.1 Å². The first-order valence-electron chi connectivity index (χ1n) is 10.0. The fraction of sp³-hybridized carbons (Fsp3) is 0.789. The van der Waals surface area contributed by atoms with Crippen molar-refractivity contribution < 1.29 is 4.79 Å². The lowest BCUT2D eigenvalue weighted by Crippen LogP contribution is -2.45. The van der Waals surface area contributed by atoms with Gasteiger partial charge >= 0.3 is 0 Å². The van der Waals surface area contributed by atoms with Gasteiger partial charge in [-0.05, 0) is 63.4 Å². The van der Waals surface area contributed by atoms with Gasteiger partial charge in [0.05, 0.1) is 6.42 Å². The van der Waals surface area contributed by atoms with Crippen LogP contribution in [0.4, 0.5) is 0 Å². The van der Waals surface area contributed by atoms with Crippen LogP contribution in [0.5, 0.6) is 0 Å². The Morgan fingerprint density at radius 2 is 1.96 bits per heavy atom. The Morgan fingerprint density at radius 3 is 2.84 bits per heavy atom. The van der Waals surface area contributed by atoms with Crippen molar-refractivity contribution in [2.45, 2.75) is 57.4 Å². The number of thioether (sulfide) groups is 1. The summed E-state index contributed by atoms with van der Waals surface area (Å²) in [5.74, 6) is 0.324. The van der Waals surface area contributed by atoms with Crippen LogP contribution < -0.4 is 0 Å². The molecule has 4 heterocycles. The Balaban J connectivity index is 1.34. The van der Waals surface area contributed by atoms with Crippen LogP contribution in [-0.4, -0.2) is 71.1 Å². The monoisotopic (exact) mass is 362 g/mol. The van der Waals surface area contributed by atoms with Crippen molar-refractivity contribution in [2.24, 2.45) is 4.99 Å². The Kier molecular flexibility index (Phi) is 5.66. The second kappa shape index (κ2) is 8.12. The molecule has 6 heteroatoms. The third kappa shape index (κ3) is 4.05. The number of hydrogen-bond acceptors (Lipinski definition) is 5. The van der Waals surface area contributed by atoms with Crippen LogP contribution >= 0.6 is 11.8 Å². The second-order valence-corrected chi connectivity index (χ2v) is 8.48. The molecule has 1 atom stereocenters. The molecule has 5 nitrogen and oxygen atoms in total. The smallest absolute Gasteiger partial charge is 0.228 e. The van der Waals surface area contributed by atoms with Crippen molar-refractivity contribution in [3.8, 4) is 0 Å². The topological polar surface area (TPSA) is 39.2 Å². The minimum atomic E-state index is 0.324. The summed E-state index contributed by atoms with van der Waals surface area (Å²) < 4.78 is 0. The van der Waals surface area contributed by atoms with Crippen LogP contribution in [0.2, 0.25) is 0 Å². The molecular formula is C19H30N4OS. The summed E-state index contributed by atoms with van der Waals surface area (Å²) in [6, 6.07) is 0.450. The average Bonchev–Trinajstić information content (AvgIpc) is 3.30. The number of piperidine rings is 1. The molecular weight excluding hydrogens is 332 g/mol. The molecule has 0 aliphatic carbocycles. The molecule has 2 fully saturated rings. The van der Waals surface area contributed by atoms with Gasteiger partial charge in [-0.3, -0.25) is 9.79 Å². The van der Waals surface area contributed by atoms with E-state index in [-0.39, 0.29) is 0 Å². The molecule has 138 valence electrons. The van der Waals surface area contributed by atoms with Crippen molar-refractivity contribution in [1.82, 2.24) is 14.7 Å². The van der Waals surface area contributed by atoms with E-state index in [0.717, 1.165) is 56.3 Å². The van der Waals surface area contributed by atoms with E-state index in [1.54, 1.807) is 11.8 Å². The number of carbonyl (C=O) groups excluding carboxylic acids is 1. The Hall–Kier alpha value is -1.01. The minimum Gasteiger partial charge on any atom is -0.339 e. The van der Waals surface area contributed by atoms with Crippen molar-refractivity contribution in [2.75, 3.05) is 39.3 Å². The largest absolute Gasteiger partial charge is 0.339 e. The van der Waals surface area contributed by atoms with Crippen LogP contribution in [0.1, 0.15) is 51.4 Å². The van der Waals surface area contributed by atoms with Gasteiger partial charge in [-0.25, -0.2) is 0 Å². The standard InChI is InChI=1S/C19H30N4OS/c24-18(14-17-15-25-19-20-8-5-12-23(17)19)22-11-2-1-6-16(22)7-13-21-9-3-4-10-21/h15-16H,1-14H2/t16-/m1/s1. The highest BCUT2D eigenvalue weighted by Gasteiger charge is 2.31. The number of rotatable bonds is 5. The van der Waals surface area contributed by atoms with E-state index in [9.17, 15) is 4.79 Å². The molecule has 4 aliphatic heterocycles. The molecule has 2 saturated heterocycles. The van der Waals surface area contributed by atoms with Crippen molar-refractivity contribution in [3.05, 3.63) is 11.1 Å². The first-order chi connectivity index (χ1) is 12.3. The number of fused-ring (bicyclic) bond motifs is 1. The quantitative estimate of drug-likeness (QED) is 0.754. The van der Waals surface area contributed by atoms with Crippen LogP contribution in [0.25, 0.3) is 0 Å². The molecule has 4 aliphatic rings. The Bertz CT molecular complexity index is 556. The summed E-state index contributed by atoms with van der Waals surface area (Å²) in [6.07, 6.45) is 9.10. The first kappa shape index (κ1) is 17.4. The number of amidine groups is 1. The summed E-state index contributed by atoms with van der Waals surface area (Å²) in [6.45, 7) is 6.56. The van der Waals surface area contributed by atoms with Crippen LogP contribution in [0.3, 0.4) is 0 Å². The van der Waals surface area contributed by atoms with Gasteiger partial charge < -0.3 is 14.7 Å². The number of likely N-dealkylation sites (tertiary alicyclic amines) is 2. The van der Waals surface area contributed by atoms with E-state index in [2.05, 4.69) is 25.1 Å². The molecule has 0 aromatic carbocycles. The zero-order valence-electron chi connectivity index (χ0n) is 15.2. The highest BCUT2D eigenvalue weighted by molar-refractivity contribution is 8.16. The zero-order chi connectivity index (χ0) is 17.1. The van der Waals surface area contributed by atoms with E-state index in [1.807, 2.05) is 0 Å². The fourth-order valence-corrected chi connectivity index (χ4v) is 5.45. The van der Waals surface area contributed by atoms with Crippen LogP contribution in [0, 0.1) is 0 Å². The van der Waals surface area contributed by atoms with Gasteiger partial charge in [0.25, 0.3) is 0 Å². The predicted molar refractivity (Wildman–Crippen MR) is 104 cm³/mol. The molecule has 4 rings (SSSR count). The molecule has 0 unspecified atom stereocenters. The maximum Gasteiger partial charge on any atom is 0.228 e. The third-order valence-corrected chi connectivity index (χ3v) is 6.87. The third-order valence-electron chi connectivity index (χ3n) is 5.92. The van der Waals surface area contributed by atoms with E-state index in [4.69, 9.17) is 0 Å². The maximum atomic E-state index is 13.0. The average molecular weight is 363 g/mol. The molecule has 0 aromatic rings. The number of carbonyl (C=O) groups is 1. The van der Waals surface area contributed by atoms with Gasteiger partial charge in [-0.2, -0.15) is 0 Å². The van der Waals surface area contributed by atoms with Crippen molar-refractivity contribution >= 4 is 22.8 Å². The lowest BCUT2D eigenvalue weighted by molar-refractivity contribution is -0.134. The van der Waals surface area contributed by atoms with E-state index >= 15 is 0 Å². The number of aliphatic imine (C=N–C) groups is 1. The summed E-state index contributed by atoms with van der Waals surface area (Å²) in [5.41, 5.74) is 1.16. The summed E-state index contributed by atoms with van der Waals surface area (Å²) in [5, 5.41) is 3.24. The molecule has 1 amide bonds. The lowest BCUT2D eigenvalue weighted by atomic mass is 9.98. The molecule has 0 aromatic heterocycles. The molecule has 0 radical (unpaired) electrons. The lowest BCUT2D eigenvalue weighted by Gasteiger charge is -2.37. The normalized spacial score (nSPS) is 27.3. The summed E-state index contributed by atoms with van der Waals surface area (Å²) >= 11 is 1.69. The van der Waals surface area contributed by atoms with Gasteiger partial charge in [-0.15, -0.1) is 0 Å². The van der Waals surface area contributed by atoms with Gasteiger partial charge in [0.2, 0.25) is 5.91 Å². The van der Waals surface area contributed by atoms with E-state index < -0.39 is 0 Å². The SMILES string of the molecule is O=C(CC1=CSC2=NCCCN12)N1CCCC[C@@H]1CCN1CCCC1. The fourth-order valence-electron chi connectivity index (χ4n) is 4.50. The highest BCUT2D eigenvalue weighted by atomic mass is 32.2. The molecule has 25 heavy (non-hydrogen) atoms. The molecule has 0 bridgehead atoms. The predicted octanol–water partition coefficient (Wildman–Crippen LogP) is 2.89. The van der Waals surface area contributed by atoms with Gasteiger partial charge in [-0.1, -0.05) is 11.8 Å². The van der Waals surface area contributed by atoms with E-state index in [1.165, 1.54) is 38.8 Å². The number of amides is 1. The Morgan fingerprint density at radius 1 is 1.12 bits per heavy atom. The molecule has 0 spiro atoms. The van der Waals surface area contributed by atoms with Crippen molar-refractivity contribution in [3.63, 3.8) is 0 Å². The maximum absolute atomic E-state index is 13.0. The second-order valence-electron chi connectivity index (χ2n) is 7.65. The minimum absolute atomic E-state index is 0.324. The molecule has 0 saturated carbocycles. The molecule has 0 N–H and O–H groups in total. The van der Waals surface area contributed by atoms with Gasteiger partial charge in [0, 0.05) is 37.9 Å². The first-order valence-corrected chi connectivity index (χ1v) is 10.9. The van der Waals surface area contributed by atoms with Crippen LogP contribution in [-0.2, 0) is 4.79 Å². The van der Waals surface area contributed by atoms with E-state index in [0.29, 0.717) is 18.4 Å². The Labute approximate surface area is 155 Å². The number of nitrogens with zero attached hydrogens (tertiary/aromatic N) is 4. The summed E-state index contributed by atoms with van der Waals surface area (Å²) in [4.78, 5) is 24.6. The van der Waals surface area contributed by atoms with Gasteiger partial charge in [0.1, 0.15) is 0 Å².